The Morgan fingerprint density at radius 1 is 1.23 bits per heavy atom. The summed E-state index contributed by atoms with van der Waals surface area (Å²) in [5.41, 5.74) is 2.57. The number of pyridine rings is 1. The number of carbonyl (C=O) groups is 1. The van der Waals surface area contributed by atoms with Crippen molar-refractivity contribution >= 4 is 16.9 Å². The monoisotopic (exact) mass is 354 g/mol. The van der Waals surface area contributed by atoms with Gasteiger partial charge in [0.1, 0.15) is 12.9 Å². The molecule has 0 bridgehead atoms. The van der Waals surface area contributed by atoms with E-state index in [-0.39, 0.29) is 18.0 Å². The van der Waals surface area contributed by atoms with Crippen molar-refractivity contribution in [2.24, 2.45) is 5.92 Å². The Balaban J connectivity index is 1.62. The number of hydrogen-bond acceptors (Lipinski definition) is 4. The van der Waals surface area contributed by atoms with Crippen LogP contribution >= 0.6 is 0 Å². The van der Waals surface area contributed by atoms with Crippen molar-refractivity contribution in [3.63, 3.8) is 0 Å². The zero-order chi connectivity index (χ0) is 18.1. The number of likely N-dealkylation sites (tertiary alicyclic amines) is 1. The number of fused-ring (bicyclic) bond motifs is 2. The van der Waals surface area contributed by atoms with Gasteiger partial charge in [0.15, 0.2) is 5.65 Å². The molecule has 0 aromatic carbocycles. The van der Waals surface area contributed by atoms with E-state index in [0.717, 1.165) is 56.5 Å². The Hall–Kier alpha value is -2.24. The van der Waals surface area contributed by atoms with Gasteiger partial charge in [0, 0.05) is 18.8 Å². The second-order valence-electron chi connectivity index (χ2n) is 7.79. The van der Waals surface area contributed by atoms with Gasteiger partial charge >= 0.3 is 0 Å². The zero-order valence-electron chi connectivity index (χ0n) is 15.4. The van der Waals surface area contributed by atoms with Crippen LogP contribution in [0.4, 0.5) is 0 Å². The van der Waals surface area contributed by atoms with Crippen LogP contribution in [0.25, 0.3) is 11.0 Å². The smallest absolute Gasteiger partial charge is 0.263 e. The normalized spacial score (nSPS) is 20.7. The first-order valence-corrected chi connectivity index (χ1v) is 9.77. The van der Waals surface area contributed by atoms with E-state index in [2.05, 4.69) is 16.9 Å². The number of amides is 1. The van der Waals surface area contributed by atoms with Crippen molar-refractivity contribution in [1.29, 1.82) is 0 Å². The molecule has 1 unspecified atom stereocenters. The molecule has 1 fully saturated rings. The standard InChI is InChI=1S/C20H26N4O2/c1-14-6-7-17-15(10-14)11-16-19(22-17)21-13-24(20(16)26)12-18(25)23-8-4-2-3-5-9-23/h11,13-14H,2-10,12H2,1H3. The highest BCUT2D eigenvalue weighted by Gasteiger charge is 2.20. The Bertz CT molecular complexity index is 881. The summed E-state index contributed by atoms with van der Waals surface area (Å²) in [6, 6.07) is 1.95. The summed E-state index contributed by atoms with van der Waals surface area (Å²) in [6.45, 7) is 3.88. The predicted octanol–water partition coefficient (Wildman–Crippen LogP) is 2.32. The van der Waals surface area contributed by atoms with Crippen molar-refractivity contribution in [2.45, 2.75) is 58.4 Å². The maximum atomic E-state index is 12.9. The molecular formula is C20H26N4O2. The van der Waals surface area contributed by atoms with Crippen LogP contribution in [-0.2, 0) is 24.2 Å². The average Bonchev–Trinajstić information content (AvgIpc) is 2.92. The summed E-state index contributed by atoms with van der Waals surface area (Å²) in [5, 5.41) is 0.531. The summed E-state index contributed by atoms with van der Waals surface area (Å²) in [5.74, 6) is 0.625. The fourth-order valence-electron chi connectivity index (χ4n) is 4.10. The number of aryl methyl sites for hydroxylation is 1. The van der Waals surface area contributed by atoms with Crippen LogP contribution in [0, 0.1) is 5.92 Å². The van der Waals surface area contributed by atoms with Crippen molar-refractivity contribution in [3.05, 3.63) is 34.0 Å². The molecule has 2 aromatic heterocycles. The third-order valence-electron chi connectivity index (χ3n) is 5.69. The molecule has 138 valence electrons. The van der Waals surface area contributed by atoms with Gasteiger partial charge in [0.2, 0.25) is 5.91 Å². The van der Waals surface area contributed by atoms with Crippen LogP contribution in [0.3, 0.4) is 0 Å². The van der Waals surface area contributed by atoms with Gasteiger partial charge in [-0.1, -0.05) is 19.8 Å². The van der Waals surface area contributed by atoms with E-state index >= 15 is 0 Å². The SMILES string of the molecule is CC1CCc2nc3ncn(CC(=O)N4CCCCCC4)c(=O)c3cc2C1. The van der Waals surface area contributed by atoms with Crippen LogP contribution in [-0.4, -0.2) is 38.4 Å². The quantitative estimate of drug-likeness (QED) is 0.830. The summed E-state index contributed by atoms with van der Waals surface area (Å²) in [7, 11) is 0. The molecule has 1 aliphatic heterocycles. The van der Waals surface area contributed by atoms with Gasteiger partial charge < -0.3 is 4.90 Å². The molecule has 4 rings (SSSR count). The molecule has 0 saturated carbocycles. The third kappa shape index (κ3) is 3.37. The van der Waals surface area contributed by atoms with Crippen molar-refractivity contribution < 1.29 is 4.79 Å². The molecule has 2 aliphatic rings. The van der Waals surface area contributed by atoms with Gasteiger partial charge in [-0.15, -0.1) is 0 Å². The summed E-state index contributed by atoms with van der Waals surface area (Å²) < 4.78 is 1.44. The highest BCUT2D eigenvalue weighted by atomic mass is 16.2. The number of carbonyl (C=O) groups excluding carboxylic acids is 1. The Morgan fingerprint density at radius 2 is 2.00 bits per heavy atom. The van der Waals surface area contributed by atoms with E-state index in [1.54, 1.807) is 0 Å². The first-order chi connectivity index (χ1) is 12.6. The molecule has 26 heavy (non-hydrogen) atoms. The van der Waals surface area contributed by atoms with Crippen LogP contribution in [0.2, 0.25) is 0 Å². The largest absolute Gasteiger partial charge is 0.341 e. The van der Waals surface area contributed by atoms with Gasteiger partial charge in [0.05, 0.1) is 5.39 Å². The van der Waals surface area contributed by atoms with E-state index in [0.29, 0.717) is 17.0 Å². The Kier molecular flexibility index (Phi) is 4.74. The maximum absolute atomic E-state index is 12.9. The van der Waals surface area contributed by atoms with E-state index in [1.807, 2.05) is 11.0 Å². The molecule has 2 aromatic rings. The van der Waals surface area contributed by atoms with E-state index < -0.39 is 0 Å². The van der Waals surface area contributed by atoms with Gasteiger partial charge in [-0.2, -0.15) is 0 Å². The highest BCUT2D eigenvalue weighted by Crippen LogP contribution is 2.25. The van der Waals surface area contributed by atoms with E-state index in [1.165, 1.54) is 23.7 Å². The Morgan fingerprint density at radius 3 is 2.77 bits per heavy atom. The lowest BCUT2D eigenvalue weighted by Crippen LogP contribution is -2.37. The molecule has 1 amide bonds. The lowest BCUT2D eigenvalue weighted by Gasteiger charge is -2.21. The fraction of sp³-hybridized carbons (Fsp3) is 0.600. The van der Waals surface area contributed by atoms with Gasteiger partial charge in [-0.3, -0.25) is 14.2 Å². The van der Waals surface area contributed by atoms with Gasteiger partial charge in [-0.05, 0) is 49.7 Å². The van der Waals surface area contributed by atoms with Gasteiger partial charge in [-0.25, -0.2) is 9.97 Å². The second kappa shape index (κ2) is 7.17. The Labute approximate surface area is 153 Å². The zero-order valence-corrected chi connectivity index (χ0v) is 15.4. The topological polar surface area (TPSA) is 68.1 Å². The minimum Gasteiger partial charge on any atom is -0.341 e. The van der Waals surface area contributed by atoms with Crippen LogP contribution in [0.5, 0.6) is 0 Å². The molecule has 1 atom stereocenters. The summed E-state index contributed by atoms with van der Waals surface area (Å²) in [4.78, 5) is 36.4. The van der Waals surface area contributed by atoms with Crippen LogP contribution < -0.4 is 5.56 Å². The highest BCUT2D eigenvalue weighted by molar-refractivity contribution is 5.78. The number of hydrogen-bond donors (Lipinski definition) is 0. The first kappa shape index (κ1) is 17.2. The van der Waals surface area contributed by atoms with E-state index in [4.69, 9.17) is 0 Å². The molecule has 0 radical (unpaired) electrons. The second-order valence-corrected chi connectivity index (χ2v) is 7.79. The number of nitrogens with zero attached hydrogens (tertiary/aromatic N) is 4. The fourth-order valence-corrected chi connectivity index (χ4v) is 4.10. The maximum Gasteiger partial charge on any atom is 0.263 e. The lowest BCUT2D eigenvalue weighted by atomic mass is 9.87. The summed E-state index contributed by atoms with van der Waals surface area (Å²) in [6.07, 6.45) is 8.96. The minimum atomic E-state index is -0.160. The van der Waals surface area contributed by atoms with Crippen molar-refractivity contribution in [3.8, 4) is 0 Å². The van der Waals surface area contributed by atoms with Crippen LogP contribution in [0.15, 0.2) is 17.2 Å². The van der Waals surface area contributed by atoms with Crippen molar-refractivity contribution in [2.75, 3.05) is 13.1 Å². The molecule has 0 N–H and O–H groups in total. The minimum absolute atomic E-state index is 0.00897. The molecule has 1 aliphatic carbocycles. The third-order valence-corrected chi connectivity index (χ3v) is 5.69. The molecule has 6 nitrogen and oxygen atoms in total. The van der Waals surface area contributed by atoms with Gasteiger partial charge in [0.25, 0.3) is 5.56 Å². The molecular weight excluding hydrogens is 328 g/mol. The van der Waals surface area contributed by atoms with Crippen molar-refractivity contribution in [1.82, 2.24) is 19.4 Å². The molecule has 1 saturated heterocycles. The first-order valence-electron chi connectivity index (χ1n) is 9.77. The predicted molar refractivity (Wildman–Crippen MR) is 100 cm³/mol. The number of aromatic nitrogens is 3. The summed E-state index contributed by atoms with van der Waals surface area (Å²) >= 11 is 0. The molecule has 6 heteroatoms. The van der Waals surface area contributed by atoms with Crippen LogP contribution in [0.1, 0.15) is 50.3 Å². The number of rotatable bonds is 2. The lowest BCUT2D eigenvalue weighted by molar-refractivity contribution is -0.131. The molecule has 3 heterocycles. The van der Waals surface area contributed by atoms with E-state index in [9.17, 15) is 9.59 Å². The molecule has 0 spiro atoms. The average molecular weight is 354 g/mol.